The number of amides is 1. The number of aromatic nitrogens is 4. The number of nitrogens with one attached hydrogen (secondary N) is 1. The first-order valence-electron chi connectivity index (χ1n) is 7.34. The second-order valence-electron chi connectivity index (χ2n) is 5.25. The molecule has 1 amide bonds. The van der Waals surface area contributed by atoms with Gasteiger partial charge in [0.05, 0.1) is 17.2 Å². The minimum Gasteiger partial charge on any atom is -0.309 e. The van der Waals surface area contributed by atoms with Gasteiger partial charge >= 0.3 is 0 Å². The fraction of sp³-hybridized carbons (Fsp3) is 0.188. The summed E-state index contributed by atoms with van der Waals surface area (Å²) in [6.45, 7) is 0.927. The van der Waals surface area contributed by atoms with Gasteiger partial charge in [0.15, 0.2) is 5.82 Å². The average Bonchev–Trinajstić information content (AvgIpc) is 3.14. The first kappa shape index (κ1) is 16.4. The van der Waals surface area contributed by atoms with Crippen molar-refractivity contribution in [3.8, 4) is 0 Å². The molecule has 0 aliphatic heterocycles. The molecule has 0 atom stereocenters. The molecule has 24 heavy (non-hydrogen) atoms. The highest BCUT2D eigenvalue weighted by Gasteiger charge is 2.07. The van der Waals surface area contributed by atoms with Crippen LogP contribution < -0.4 is 5.32 Å². The topological polar surface area (TPSA) is 64.7 Å². The summed E-state index contributed by atoms with van der Waals surface area (Å²) in [7, 11) is 0. The predicted molar refractivity (Wildman–Crippen MR) is 90.9 cm³/mol. The third-order valence-electron chi connectivity index (χ3n) is 3.31. The lowest BCUT2D eigenvalue weighted by molar-refractivity contribution is -0.116. The van der Waals surface area contributed by atoms with Crippen molar-refractivity contribution in [1.82, 2.24) is 19.6 Å². The molecule has 0 unspecified atom stereocenters. The summed E-state index contributed by atoms with van der Waals surface area (Å²) in [5.74, 6) is 0.0501. The monoisotopic (exact) mass is 391 g/mol. The Hall–Kier alpha value is -2.48. The number of carbonyl (C=O) groups is 1. The number of aryl methyl sites for hydroxylation is 1. The smallest absolute Gasteiger partial charge is 0.227 e. The zero-order chi connectivity index (χ0) is 16.9. The normalized spacial score (nSPS) is 10.8. The summed E-state index contributed by atoms with van der Waals surface area (Å²) >= 11 is 3.31. The van der Waals surface area contributed by atoms with Crippen molar-refractivity contribution in [3.05, 3.63) is 64.8 Å². The largest absolute Gasteiger partial charge is 0.309 e. The number of benzene rings is 1. The molecule has 1 aromatic carbocycles. The molecule has 0 aliphatic rings. The van der Waals surface area contributed by atoms with Crippen molar-refractivity contribution in [3.63, 3.8) is 0 Å². The van der Waals surface area contributed by atoms with Crippen LogP contribution in [-0.4, -0.2) is 25.5 Å². The molecule has 0 saturated heterocycles. The number of hydrogen-bond donors (Lipinski definition) is 1. The maximum absolute atomic E-state index is 13.2. The van der Waals surface area contributed by atoms with Crippen molar-refractivity contribution < 1.29 is 9.18 Å². The Morgan fingerprint density at radius 2 is 2.17 bits per heavy atom. The van der Waals surface area contributed by atoms with Gasteiger partial charge in [-0.15, -0.1) is 0 Å². The van der Waals surface area contributed by atoms with Crippen molar-refractivity contribution in [2.24, 2.45) is 0 Å². The fourth-order valence-electron chi connectivity index (χ4n) is 2.22. The first-order valence-corrected chi connectivity index (χ1v) is 8.13. The Balaban J connectivity index is 1.52. The van der Waals surface area contributed by atoms with Crippen molar-refractivity contribution in [2.45, 2.75) is 19.5 Å². The van der Waals surface area contributed by atoms with Crippen molar-refractivity contribution in [1.29, 1.82) is 0 Å². The highest BCUT2D eigenvalue weighted by atomic mass is 79.9. The van der Waals surface area contributed by atoms with Gasteiger partial charge in [0.2, 0.25) is 5.91 Å². The van der Waals surface area contributed by atoms with E-state index >= 15 is 0 Å². The van der Waals surface area contributed by atoms with E-state index in [1.807, 2.05) is 6.07 Å². The Bertz CT molecular complexity index is 844. The minimum absolute atomic E-state index is 0.141. The molecule has 0 spiro atoms. The van der Waals surface area contributed by atoms with Gasteiger partial charge in [0.1, 0.15) is 5.82 Å². The summed E-state index contributed by atoms with van der Waals surface area (Å²) in [6, 6.07) is 8.05. The van der Waals surface area contributed by atoms with Gasteiger partial charge in [-0.2, -0.15) is 10.2 Å². The van der Waals surface area contributed by atoms with Gasteiger partial charge in [-0.1, -0.05) is 12.1 Å². The Kier molecular flexibility index (Phi) is 5.05. The Morgan fingerprint density at radius 1 is 1.29 bits per heavy atom. The summed E-state index contributed by atoms with van der Waals surface area (Å²) < 4.78 is 17.4. The van der Waals surface area contributed by atoms with Gasteiger partial charge in [0, 0.05) is 31.4 Å². The first-order chi connectivity index (χ1) is 11.6. The third kappa shape index (κ3) is 4.51. The number of rotatable bonds is 6. The lowest BCUT2D eigenvalue weighted by Gasteiger charge is -2.04. The molecule has 8 heteroatoms. The maximum atomic E-state index is 13.2. The van der Waals surface area contributed by atoms with E-state index in [1.54, 1.807) is 40.1 Å². The number of hydrogen-bond acceptors (Lipinski definition) is 3. The van der Waals surface area contributed by atoms with Crippen molar-refractivity contribution in [2.75, 3.05) is 5.32 Å². The summed E-state index contributed by atoms with van der Waals surface area (Å²) in [5.41, 5.74) is 0.806. The van der Waals surface area contributed by atoms with Crippen LogP contribution in [0.1, 0.15) is 12.0 Å². The van der Waals surface area contributed by atoms with E-state index in [0.29, 0.717) is 25.3 Å². The summed E-state index contributed by atoms with van der Waals surface area (Å²) in [4.78, 5) is 11.9. The summed E-state index contributed by atoms with van der Waals surface area (Å²) in [6.07, 6.45) is 5.52. The molecule has 0 fully saturated rings. The van der Waals surface area contributed by atoms with Gasteiger partial charge < -0.3 is 5.32 Å². The van der Waals surface area contributed by atoms with E-state index in [1.165, 1.54) is 12.1 Å². The Labute approximate surface area is 146 Å². The van der Waals surface area contributed by atoms with Crippen LogP contribution >= 0.6 is 15.9 Å². The van der Waals surface area contributed by atoms with Gasteiger partial charge in [0.25, 0.3) is 0 Å². The van der Waals surface area contributed by atoms with Crippen LogP contribution in [0.2, 0.25) is 0 Å². The molecule has 0 bridgehead atoms. The lowest BCUT2D eigenvalue weighted by Crippen LogP contribution is -2.15. The molecule has 2 aromatic heterocycles. The molecule has 6 nitrogen and oxygen atoms in total. The van der Waals surface area contributed by atoms with Crippen molar-refractivity contribution >= 4 is 27.7 Å². The lowest BCUT2D eigenvalue weighted by atomic mass is 10.2. The molecular formula is C16H15BrFN5O. The molecule has 0 aliphatic carbocycles. The zero-order valence-electron chi connectivity index (χ0n) is 12.7. The van der Waals surface area contributed by atoms with Crippen LogP contribution in [0.3, 0.4) is 0 Å². The van der Waals surface area contributed by atoms with E-state index < -0.39 is 0 Å². The van der Waals surface area contributed by atoms with Crippen LogP contribution in [0.15, 0.2) is 53.4 Å². The molecule has 0 radical (unpaired) electrons. The average molecular weight is 392 g/mol. The predicted octanol–water partition coefficient (Wildman–Crippen LogP) is 3.06. The van der Waals surface area contributed by atoms with Gasteiger partial charge in [-0.3, -0.25) is 14.2 Å². The number of nitrogens with zero attached hydrogens (tertiary/aromatic N) is 4. The molecule has 1 N–H and O–H groups in total. The fourth-order valence-corrected chi connectivity index (χ4v) is 2.55. The van der Waals surface area contributed by atoms with Crippen LogP contribution in [0.5, 0.6) is 0 Å². The highest BCUT2D eigenvalue weighted by molar-refractivity contribution is 9.10. The quantitative estimate of drug-likeness (QED) is 0.702. The standard InChI is InChI=1S/C16H15BrFN5O/c17-13-9-19-22(11-13)7-5-16(24)20-15-4-6-23(21-15)10-12-2-1-3-14(18)8-12/h1-4,6,8-9,11H,5,7,10H2,(H,20,21,24). The SMILES string of the molecule is O=C(CCn1cc(Br)cn1)Nc1ccn(Cc2cccc(F)c2)n1. The molecular weight excluding hydrogens is 377 g/mol. The third-order valence-corrected chi connectivity index (χ3v) is 3.72. The Morgan fingerprint density at radius 3 is 2.92 bits per heavy atom. The molecule has 2 heterocycles. The number of anilines is 1. The molecule has 3 rings (SSSR count). The van der Waals surface area contributed by atoms with Gasteiger partial charge in [-0.05, 0) is 33.6 Å². The minimum atomic E-state index is -0.279. The van der Waals surface area contributed by atoms with E-state index in [2.05, 4.69) is 31.4 Å². The van der Waals surface area contributed by atoms with Crippen LogP contribution in [0, 0.1) is 5.82 Å². The highest BCUT2D eigenvalue weighted by Crippen LogP contribution is 2.09. The van der Waals surface area contributed by atoms with Crippen LogP contribution in [-0.2, 0) is 17.9 Å². The van der Waals surface area contributed by atoms with Crippen LogP contribution in [0.4, 0.5) is 10.2 Å². The summed E-state index contributed by atoms with van der Waals surface area (Å²) in [5, 5.41) is 11.1. The van der Waals surface area contributed by atoms with E-state index in [9.17, 15) is 9.18 Å². The van der Waals surface area contributed by atoms with Crippen LogP contribution in [0.25, 0.3) is 0 Å². The van der Waals surface area contributed by atoms with E-state index in [-0.39, 0.29) is 11.7 Å². The van der Waals surface area contributed by atoms with Gasteiger partial charge in [-0.25, -0.2) is 4.39 Å². The molecule has 124 valence electrons. The molecule has 3 aromatic rings. The second kappa shape index (κ2) is 7.39. The van der Waals surface area contributed by atoms with E-state index in [4.69, 9.17) is 0 Å². The number of carbonyl (C=O) groups excluding carboxylic acids is 1. The zero-order valence-corrected chi connectivity index (χ0v) is 14.3. The second-order valence-corrected chi connectivity index (χ2v) is 6.16. The van der Waals surface area contributed by atoms with E-state index in [0.717, 1.165) is 10.0 Å². The maximum Gasteiger partial charge on any atom is 0.227 e. The molecule has 0 saturated carbocycles. The number of halogens is 2.